The first-order valence-corrected chi connectivity index (χ1v) is 11.4. The quantitative estimate of drug-likeness (QED) is 0.516. The zero-order valence-electron chi connectivity index (χ0n) is 19.0. The summed E-state index contributed by atoms with van der Waals surface area (Å²) >= 11 is 0. The Kier molecular flexibility index (Phi) is 7.69. The van der Waals surface area contributed by atoms with E-state index in [9.17, 15) is 4.79 Å². The molecule has 0 unspecified atom stereocenters. The summed E-state index contributed by atoms with van der Waals surface area (Å²) in [5.74, 6) is 2.44. The summed E-state index contributed by atoms with van der Waals surface area (Å²) in [5.41, 5.74) is 2.79. The molecule has 0 bridgehead atoms. The van der Waals surface area contributed by atoms with Crippen LogP contribution in [-0.4, -0.2) is 29.0 Å². The summed E-state index contributed by atoms with van der Waals surface area (Å²) in [5, 5.41) is 2.91. The molecule has 1 N–H and O–H groups in total. The van der Waals surface area contributed by atoms with E-state index in [-0.39, 0.29) is 5.91 Å². The number of hydrogen-bond donors (Lipinski definition) is 1. The van der Waals surface area contributed by atoms with Crippen LogP contribution in [0.3, 0.4) is 0 Å². The van der Waals surface area contributed by atoms with E-state index in [2.05, 4.69) is 27.1 Å². The molecule has 1 aliphatic heterocycles. The lowest BCUT2D eigenvalue weighted by atomic mass is 9.99. The first kappa shape index (κ1) is 22.5. The van der Waals surface area contributed by atoms with E-state index in [4.69, 9.17) is 4.74 Å². The van der Waals surface area contributed by atoms with E-state index >= 15 is 0 Å². The van der Waals surface area contributed by atoms with Gasteiger partial charge in [0.05, 0.1) is 5.69 Å². The minimum Gasteiger partial charge on any atom is -0.487 e. The molecule has 1 saturated heterocycles. The lowest BCUT2D eigenvalue weighted by Gasteiger charge is -2.31. The Morgan fingerprint density at radius 3 is 2.61 bits per heavy atom. The van der Waals surface area contributed by atoms with Crippen molar-refractivity contribution >= 4 is 17.8 Å². The van der Waals surface area contributed by atoms with Gasteiger partial charge < -0.3 is 15.0 Å². The van der Waals surface area contributed by atoms with E-state index in [1.54, 1.807) is 18.3 Å². The highest BCUT2D eigenvalue weighted by molar-refractivity contribution is 5.91. The third-order valence-corrected chi connectivity index (χ3v) is 5.80. The molecular weight excluding hydrogens is 412 g/mol. The molecule has 1 amide bonds. The molecule has 0 aliphatic carbocycles. The van der Waals surface area contributed by atoms with Gasteiger partial charge in [-0.05, 0) is 66.3 Å². The van der Waals surface area contributed by atoms with Crippen molar-refractivity contribution in [3.8, 4) is 5.75 Å². The molecule has 1 aliphatic rings. The van der Waals surface area contributed by atoms with Crippen molar-refractivity contribution in [1.82, 2.24) is 15.3 Å². The van der Waals surface area contributed by atoms with Gasteiger partial charge in [-0.2, -0.15) is 0 Å². The van der Waals surface area contributed by atoms with Crippen molar-refractivity contribution < 1.29 is 9.53 Å². The maximum atomic E-state index is 12.2. The Morgan fingerprint density at radius 1 is 1.09 bits per heavy atom. The molecule has 33 heavy (non-hydrogen) atoms. The normalized spacial score (nSPS) is 14.4. The van der Waals surface area contributed by atoms with Crippen LogP contribution in [0.4, 0.5) is 5.82 Å². The number of anilines is 1. The standard InChI is InChI=1S/C27H30N4O2/c1-21-13-16-31(17-14-21)26-11-7-23(18-29-26)19-30-27(32)12-8-22-5-9-25(10-6-22)33-20-24-4-2-3-15-28-24/h2-12,15,18,21H,13-14,16-17,19-20H2,1H3,(H,30,32)/b12-8+. The lowest BCUT2D eigenvalue weighted by molar-refractivity contribution is -0.116. The molecule has 1 aromatic carbocycles. The van der Waals surface area contributed by atoms with Crippen LogP contribution in [0.1, 0.15) is 36.6 Å². The van der Waals surface area contributed by atoms with E-state index in [0.29, 0.717) is 13.2 Å². The number of rotatable bonds is 8. The van der Waals surface area contributed by atoms with Gasteiger partial charge >= 0.3 is 0 Å². The highest BCUT2D eigenvalue weighted by Crippen LogP contribution is 2.21. The fourth-order valence-corrected chi connectivity index (χ4v) is 3.68. The Balaban J connectivity index is 1.21. The van der Waals surface area contributed by atoms with Gasteiger partial charge in [0, 0.05) is 38.1 Å². The van der Waals surface area contributed by atoms with Crippen LogP contribution < -0.4 is 15.0 Å². The number of piperidine rings is 1. The van der Waals surface area contributed by atoms with E-state index in [0.717, 1.165) is 47.4 Å². The van der Waals surface area contributed by atoms with Gasteiger partial charge in [0.1, 0.15) is 18.2 Å². The Bertz CT molecular complexity index is 1040. The molecule has 1 fully saturated rings. The predicted molar refractivity (Wildman–Crippen MR) is 131 cm³/mol. The summed E-state index contributed by atoms with van der Waals surface area (Å²) in [7, 11) is 0. The molecule has 170 valence electrons. The van der Waals surface area contributed by atoms with Crippen molar-refractivity contribution in [2.75, 3.05) is 18.0 Å². The average Bonchev–Trinajstić information content (AvgIpc) is 2.87. The van der Waals surface area contributed by atoms with Crippen molar-refractivity contribution in [2.45, 2.75) is 32.9 Å². The molecule has 4 rings (SSSR count). The van der Waals surface area contributed by atoms with Gasteiger partial charge in [-0.3, -0.25) is 9.78 Å². The number of aromatic nitrogens is 2. The first-order chi connectivity index (χ1) is 16.2. The number of pyridine rings is 2. The van der Waals surface area contributed by atoms with Gasteiger partial charge in [0.25, 0.3) is 0 Å². The highest BCUT2D eigenvalue weighted by Gasteiger charge is 2.16. The molecular formula is C27H30N4O2. The van der Waals surface area contributed by atoms with Crippen LogP contribution in [0, 0.1) is 5.92 Å². The Labute approximate surface area is 195 Å². The second-order valence-electron chi connectivity index (χ2n) is 8.42. The van der Waals surface area contributed by atoms with Gasteiger partial charge in [-0.25, -0.2) is 4.98 Å². The Morgan fingerprint density at radius 2 is 1.91 bits per heavy atom. The van der Waals surface area contributed by atoms with Crippen LogP contribution in [0.15, 0.2) is 73.1 Å². The molecule has 3 heterocycles. The molecule has 6 heteroatoms. The van der Waals surface area contributed by atoms with Gasteiger partial charge in [-0.15, -0.1) is 0 Å². The number of ether oxygens (including phenoxy) is 1. The molecule has 0 radical (unpaired) electrons. The number of nitrogens with zero attached hydrogens (tertiary/aromatic N) is 3. The van der Waals surface area contributed by atoms with Gasteiger partial charge in [0.15, 0.2) is 0 Å². The molecule has 0 atom stereocenters. The number of carbonyl (C=O) groups excluding carboxylic acids is 1. The van der Waals surface area contributed by atoms with Crippen molar-refractivity contribution in [3.05, 3.63) is 89.9 Å². The second kappa shape index (κ2) is 11.3. The van der Waals surface area contributed by atoms with Crippen LogP contribution in [-0.2, 0) is 17.9 Å². The Hall–Kier alpha value is -3.67. The topological polar surface area (TPSA) is 67.4 Å². The molecule has 2 aromatic heterocycles. The minimum absolute atomic E-state index is 0.139. The third-order valence-electron chi connectivity index (χ3n) is 5.80. The predicted octanol–water partition coefficient (Wildman–Crippen LogP) is 4.62. The van der Waals surface area contributed by atoms with Crippen molar-refractivity contribution in [1.29, 1.82) is 0 Å². The summed E-state index contributed by atoms with van der Waals surface area (Å²) in [4.78, 5) is 23.4. The largest absolute Gasteiger partial charge is 0.487 e. The third kappa shape index (κ3) is 6.91. The average molecular weight is 443 g/mol. The van der Waals surface area contributed by atoms with Crippen molar-refractivity contribution in [2.24, 2.45) is 5.92 Å². The van der Waals surface area contributed by atoms with E-state index < -0.39 is 0 Å². The number of nitrogens with one attached hydrogen (secondary N) is 1. The van der Waals surface area contributed by atoms with E-state index in [1.807, 2.05) is 60.8 Å². The molecule has 3 aromatic rings. The van der Waals surface area contributed by atoms with E-state index in [1.165, 1.54) is 12.8 Å². The van der Waals surface area contributed by atoms with Crippen LogP contribution >= 0.6 is 0 Å². The van der Waals surface area contributed by atoms with Crippen LogP contribution in [0.5, 0.6) is 5.75 Å². The van der Waals surface area contributed by atoms with Crippen LogP contribution in [0.25, 0.3) is 6.08 Å². The zero-order valence-corrected chi connectivity index (χ0v) is 19.0. The number of benzene rings is 1. The molecule has 0 spiro atoms. The van der Waals surface area contributed by atoms with Gasteiger partial charge in [-0.1, -0.05) is 31.2 Å². The fourth-order valence-electron chi connectivity index (χ4n) is 3.68. The summed E-state index contributed by atoms with van der Waals surface area (Å²) in [6, 6.07) is 17.4. The zero-order chi connectivity index (χ0) is 22.9. The summed E-state index contributed by atoms with van der Waals surface area (Å²) in [6.45, 7) is 5.30. The highest BCUT2D eigenvalue weighted by atomic mass is 16.5. The monoisotopic (exact) mass is 442 g/mol. The summed E-state index contributed by atoms with van der Waals surface area (Å²) in [6.07, 6.45) is 9.36. The molecule has 0 saturated carbocycles. The fraction of sp³-hybridized carbons (Fsp3) is 0.296. The second-order valence-corrected chi connectivity index (χ2v) is 8.42. The van der Waals surface area contributed by atoms with Crippen LogP contribution in [0.2, 0.25) is 0 Å². The van der Waals surface area contributed by atoms with Crippen molar-refractivity contribution in [3.63, 3.8) is 0 Å². The number of amides is 1. The molecule has 6 nitrogen and oxygen atoms in total. The number of hydrogen-bond acceptors (Lipinski definition) is 5. The maximum Gasteiger partial charge on any atom is 0.244 e. The smallest absolute Gasteiger partial charge is 0.244 e. The number of carbonyl (C=O) groups is 1. The minimum atomic E-state index is -0.139. The lowest BCUT2D eigenvalue weighted by Crippen LogP contribution is -2.33. The maximum absolute atomic E-state index is 12.2. The summed E-state index contributed by atoms with van der Waals surface area (Å²) < 4.78 is 5.74. The SMILES string of the molecule is CC1CCN(c2ccc(CNC(=O)/C=C/c3ccc(OCc4ccccn4)cc3)cn2)CC1. The first-order valence-electron chi connectivity index (χ1n) is 11.4. The van der Waals surface area contributed by atoms with Gasteiger partial charge in [0.2, 0.25) is 5.91 Å².